The predicted molar refractivity (Wildman–Crippen MR) is 81.1 cm³/mol. The lowest BCUT2D eigenvalue weighted by molar-refractivity contribution is 0.293. The van der Waals surface area contributed by atoms with Crippen LogP contribution in [0.1, 0.15) is 36.6 Å². The fourth-order valence-corrected chi connectivity index (χ4v) is 3.11. The van der Waals surface area contributed by atoms with Crippen LogP contribution in [0.5, 0.6) is 5.75 Å². The van der Waals surface area contributed by atoms with Gasteiger partial charge >= 0.3 is 0 Å². The van der Waals surface area contributed by atoms with Crippen LogP contribution in [0.4, 0.5) is 0 Å². The van der Waals surface area contributed by atoms with Crippen LogP contribution in [0.2, 0.25) is 0 Å². The lowest BCUT2D eigenvalue weighted by atomic mass is 9.81. The van der Waals surface area contributed by atoms with Crippen LogP contribution >= 0.6 is 11.6 Å². The minimum atomic E-state index is 0.150. The highest BCUT2D eigenvalue weighted by Crippen LogP contribution is 2.38. The molecule has 1 unspecified atom stereocenters. The number of fused-ring (bicyclic) bond motifs is 1. The van der Waals surface area contributed by atoms with Crippen molar-refractivity contribution in [2.24, 2.45) is 5.92 Å². The number of methoxy groups -OCH3 is 1. The molecule has 1 fully saturated rings. The molecule has 0 aromatic heterocycles. The van der Waals surface area contributed by atoms with Gasteiger partial charge < -0.3 is 4.74 Å². The number of rotatable bonds is 4. The SMILES string of the molecule is COc1ccc2cc(C(Cl)CC3CCC3)ccc2c1. The Morgan fingerprint density at radius 3 is 2.58 bits per heavy atom. The van der Waals surface area contributed by atoms with Crippen LogP contribution in [0.25, 0.3) is 10.8 Å². The zero-order chi connectivity index (χ0) is 13.2. The van der Waals surface area contributed by atoms with E-state index >= 15 is 0 Å². The first-order chi connectivity index (χ1) is 9.26. The van der Waals surface area contributed by atoms with E-state index in [1.807, 2.05) is 6.07 Å². The van der Waals surface area contributed by atoms with E-state index in [-0.39, 0.29) is 5.38 Å². The van der Waals surface area contributed by atoms with Gasteiger partial charge in [-0.1, -0.05) is 37.5 Å². The Labute approximate surface area is 119 Å². The molecular formula is C17H19ClO. The van der Waals surface area contributed by atoms with E-state index in [2.05, 4.69) is 30.3 Å². The molecule has 0 aliphatic heterocycles. The number of hydrogen-bond acceptors (Lipinski definition) is 1. The summed E-state index contributed by atoms with van der Waals surface area (Å²) in [5, 5.41) is 2.59. The first-order valence-electron chi connectivity index (χ1n) is 6.98. The molecule has 0 amide bonds. The molecule has 1 atom stereocenters. The molecule has 0 saturated heterocycles. The van der Waals surface area contributed by atoms with Gasteiger partial charge in [0.25, 0.3) is 0 Å². The second-order valence-electron chi connectivity index (χ2n) is 5.47. The van der Waals surface area contributed by atoms with Crippen molar-refractivity contribution in [1.82, 2.24) is 0 Å². The highest BCUT2D eigenvalue weighted by atomic mass is 35.5. The molecule has 0 radical (unpaired) electrons. The maximum atomic E-state index is 6.55. The van der Waals surface area contributed by atoms with Gasteiger partial charge in [-0.2, -0.15) is 0 Å². The van der Waals surface area contributed by atoms with Gasteiger partial charge in [0.05, 0.1) is 12.5 Å². The van der Waals surface area contributed by atoms with E-state index < -0.39 is 0 Å². The molecule has 0 spiro atoms. The Bertz CT molecular complexity index is 574. The second-order valence-corrected chi connectivity index (χ2v) is 6.00. The quantitative estimate of drug-likeness (QED) is 0.686. The Balaban J connectivity index is 1.84. The summed E-state index contributed by atoms with van der Waals surface area (Å²) in [6.07, 6.45) is 5.21. The van der Waals surface area contributed by atoms with Crippen LogP contribution in [0.15, 0.2) is 36.4 Å². The van der Waals surface area contributed by atoms with Gasteiger partial charge in [0.15, 0.2) is 0 Å². The molecule has 2 aromatic carbocycles. The van der Waals surface area contributed by atoms with E-state index in [1.165, 1.54) is 35.6 Å². The monoisotopic (exact) mass is 274 g/mol. The van der Waals surface area contributed by atoms with E-state index in [9.17, 15) is 0 Å². The van der Waals surface area contributed by atoms with Crippen molar-refractivity contribution in [2.75, 3.05) is 7.11 Å². The summed E-state index contributed by atoms with van der Waals surface area (Å²) in [6, 6.07) is 12.7. The van der Waals surface area contributed by atoms with Crippen molar-refractivity contribution in [2.45, 2.75) is 31.1 Å². The smallest absolute Gasteiger partial charge is 0.119 e. The van der Waals surface area contributed by atoms with Gasteiger partial charge in [-0.05, 0) is 46.9 Å². The summed E-state index contributed by atoms with van der Waals surface area (Å²) < 4.78 is 5.25. The van der Waals surface area contributed by atoms with Crippen molar-refractivity contribution in [1.29, 1.82) is 0 Å². The Morgan fingerprint density at radius 1 is 1.16 bits per heavy atom. The minimum Gasteiger partial charge on any atom is -0.497 e. The molecular weight excluding hydrogens is 256 g/mol. The Morgan fingerprint density at radius 2 is 1.89 bits per heavy atom. The van der Waals surface area contributed by atoms with Crippen LogP contribution < -0.4 is 4.74 Å². The summed E-state index contributed by atoms with van der Waals surface area (Å²) in [5.74, 6) is 1.74. The zero-order valence-corrected chi connectivity index (χ0v) is 12.0. The highest BCUT2D eigenvalue weighted by molar-refractivity contribution is 6.21. The second kappa shape index (κ2) is 5.42. The van der Waals surface area contributed by atoms with Crippen molar-refractivity contribution >= 4 is 22.4 Å². The van der Waals surface area contributed by atoms with Gasteiger partial charge in [-0.15, -0.1) is 11.6 Å². The molecule has 1 aliphatic carbocycles. The predicted octanol–water partition coefficient (Wildman–Crippen LogP) is 5.32. The average Bonchev–Trinajstić information content (AvgIpc) is 2.41. The standard InChI is InChI=1S/C17H19ClO/c1-19-16-8-7-13-10-15(6-5-14(13)11-16)17(18)9-12-3-2-4-12/h5-8,10-12,17H,2-4,9H2,1H3. The molecule has 2 heteroatoms. The molecule has 0 N–H and O–H groups in total. The molecule has 1 nitrogen and oxygen atoms in total. The van der Waals surface area contributed by atoms with Crippen molar-refractivity contribution in [3.8, 4) is 5.75 Å². The first kappa shape index (κ1) is 12.8. The third kappa shape index (κ3) is 2.71. The molecule has 0 heterocycles. The summed E-state index contributed by atoms with van der Waals surface area (Å²) >= 11 is 6.55. The molecule has 19 heavy (non-hydrogen) atoms. The number of hydrogen-bond donors (Lipinski definition) is 0. The molecule has 1 aliphatic rings. The number of alkyl halides is 1. The summed E-state index contributed by atoms with van der Waals surface area (Å²) in [6.45, 7) is 0. The van der Waals surface area contributed by atoms with Gasteiger partial charge in [-0.25, -0.2) is 0 Å². The lowest BCUT2D eigenvalue weighted by Gasteiger charge is -2.27. The number of ether oxygens (including phenoxy) is 1. The highest BCUT2D eigenvalue weighted by Gasteiger charge is 2.21. The Kier molecular flexibility index (Phi) is 3.65. The topological polar surface area (TPSA) is 9.23 Å². The van der Waals surface area contributed by atoms with Crippen LogP contribution in [-0.2, 0) is 0 Å². The molecule has 3 rings (SSSR count). The van der Waals surface area contributed by atoms with Crippen molar-refractivity contribution in [3.63, 3.8) is 0 Å². The Hall–Kier alpha value is -1.21. The van der Waals surface area contributed by atoms with Gasteiger partial charge in [0.1, 0.15) is 5.75 Å². The summed E-state index contributed by atoms with van der Waals surface area (Å²) in [7, 11) is 1.70. The van der Waals surface area contributed by atoms with Crippen LogP contribution in [0.3, 0.4) is 0 Å². The third-order valence-corrected chi connectivity index (χ3v) is 4.63. The molecule has 100 valence electrons. The fraction of sp³-hybridized carbons (Fsp3) is 0.412. The van der Waals surface area contributed by atoms with Gasteiger partial charge in [-0.3, -0.25) is 0 Å². The first-order valence-corrected chi connectivity index (χ1v) is 7.41. The van der Waals surface area contributed by atoms with E-state index in [1.54, 1.807) is 7.11 Å². The van der Waals surface area contributed by atoms with Crippen molar-refractivity contribution < 1.29 is 4.74 Å². The maximum absolute atomic E-state index is 6.55. The summed E-state index contributed by atoms with van der Waals surface area (Å²) in [5.41, 5.74) is 1.24. The molecule has 2 aromatic rings. The number of halogens is 1. The third-order valence-electron chi connectivity index (χ3n) is 4.20. The minimum absolute atomic E-state index is 0.150. The largest absolute Gasteiger partial charge is 0.497 e. The van der Waals surface area contributed by atoms with Gasteiger partial charge in [0, 0.05) is 0 Å². The molecule has 0 bridgehead atoms. The normalized spacial score (nSPS) is 17.2. The maximum Gasteiger partial charge on any atom is 0.119 e. The summed E-state index contributed by atoms with van der Waals surface area (Å²) in [4.78, 5) is 0. The fourth-order valence-electron chi connectivity index (χ4n) is 2.72. The molecule has 1 saturated carbocycles. The van der Waals surface area contributed by atoms with Crippen LogP contribution in [-0.4, -0.2) is 7.11 Å². The van der Waals surface area contributed by atoms with E-state index in [4.69, 9.17) is 16.3 Å². The zero-order valence-electron chi connectivity index (χ0n) is 11.2. The lowest BCUT2D eigenvalue weighted by Crippen LogP contribution is -2.12. The number of benzene rings is 2. The average molecular weight is 275 g/mol. The van der Waals surface area contributed by atoms with Gasteiger partial charge in [0.2, 0.25) is 0 Å². The van der Waals surface area contributed by atoms with E-state index in [0.717, 1.165) is 18.1 Å². The van der Waals surface area contributed by atoms with Crippen LogP contribution in [0, 0.1) is 5.92 Å². The van der Waals surface area contributed by atoms with E-state index in [0.29, 0.717) is 0 Å². The van der Waals surface area contributed by atoms with Crippen molar-refractivity contribution in [3.05, 3.63) is 42.0 Å².